The SMILES string of the molecule is Cc1ccc(-c2ccc3c(c2)c2cc(-c4ccc(C)cc4)ccc2n3-c2ccc(-c3ccc(N(c4ccc(-c5ccc6c(c5)C5(c7ccccc7-c7ccccc75)c5ccccc5-6)cc4)c4ccc(-c5ccc6c(c5)C5(c7ccccc7-c7ccccc75)c5ccccc5-6)cc4)c4nsnc34)cc2)cc1. The van der Waals surface area contributed by atoms with Crippen molar-refractivity contribution >= 4 is 61.6 Å². The van der Waals surface area contributed by atoms with E-state index in [0.717, 1.165) is 67.1 Å². The van der Waals surface area contributed by atoms with Gasteiger partial charge in [-0.1, -0.05) is 278 Å². The summed E-state index contributed by atoms with van der Waals surface area (Å²) in [5, 5.41) is 2.44. The predicted molar refractivity (Wildman–Crippen MR) is 436 cm³/mol. The Morgan fingerprint density at radius 2 is 0.562 bits per heavy atom. The Bertz CT molecular complexity index is 6190. The highest BCUT2D eigenvalue weighted by molar-refractivity contribution is 7.00. The van der Waals surface area contributed by atoms with Crippen molar-refractivity contribution in [1.82, 2.24) is 13.3 Å². The number of fused-ring (bicyclic) bond motifs is 24. The Morgan fingerprint density at radius 1 is 0.257 bits per heavy atom. The van der Waals surface area contributed by atoms with Crippen molar-refractivity contribution in [1.29, 1.82) is 0 Å². The first-order valence-corrected chi connectivity index (χ1v) is 37.1. The molecule has 22 rings (SSSR count). The third kappa shape index (κ3) is 8.56. The van der Waals surface area contributed by atoms with Crippen LogP contribution < -0.4 is 4.90 Å². The van der Waals surface area contributed by atoms with Gasteiger partial charge in [-0.15, -0.1) is 0 Å². The number of aryl methyl sites for hydroxylation is 2. The van der Waals surface area contributed by atoms with E-state index in [9.17, 15) is 0 Å². The molecule has 105 heavy (non-hydrogen) atoms. The van der Waals surface area contributed by atoms with E-state index in [2.05, 4.69) is 375 Å². The number of rotatable bonds is 9. The van der Waals surface area contributed by atoms with E-state index in [1.54, 1.807) is 0 Å². The molecule has 2 spiro atoms. The van der Waals surface area contributed by atoms with Crippen molar-refractivity contribution in [3.8, 4) is 106 Å². The summed E-state index contributed by atoms with van der Waals surface area (Å²) in [5.41, 5.74) is 42.3. The Labute approximate surface area is 613 Å². The fourth-order valence-corrected chi connectivity index (χ4v) is 19.4. The molecule has 4 aliphatic carbocycles. The van der Waals surface area contributed by atoms with Crippen molar-refractivity contribution < 1.29 is 0 Å². The van der Waals surface area contributed by atoms with Gasteiger partial charge in [-0.05, 0) is 238 Å². The highest BCUT2D eigenvalue weighted by atomic mass is 32.1. The van der Waals surface area contributed by atoms with Crippen molar-refractivity contribution in [2.75, 3.05) is 4.90 Å². The average molecular weight is 1350 g/mol. The van der Waals surface area contributed by atoms with Gasteiger partial charge < -0.3 is 9.47 Å². The van der Waals surface area contributed by atoms with Crippen LogP contribution in [0.15, 0.2) is 352 Å². The molecule has 4 nitrogen and oxygen atoms in total. The van der Waals surface area contributed by atoms with Gasteiger partial charge in [-0.3, -0.25) is 0 Å². The molecule has 0 saturated heterocycles. The Hall–Kier alpha value is -13.1. The van der Waals surface area contributed by atoms with E-state index < -0.39 is 10.8 Å². The van der Waals surface area contributed by atoms with Crippen LogP contribution in [0.3, 0.4) is 0 Å². The topological polar surface area (TPSA) is 34.0 Å². The normalized spacial score (nSPS) is 13.4. The molecule has 2 aromatic heterocycles. The molecule has 0 radical (unpaired) electrons. The Morgan fingerprint density at radius 3 is 0.952 bits per heavy atom. The lowest BCUT2D eigenvalue weighted by atomic mass is 9.70. The van der Waals surface area contributed by atoms with Crippen molar-refractivity contribution in [2.45, 2.75) is 24.7 Å². The number of aromatic nitrogens is 3. The van der Waals surface area contributed by atoms with E-state index in [0.29, 0.717) is 0 Å². The predicted octanol–water partition coefficient (Wildman–Crippen LogP) is 25.9. The maximum atomic E-state index is 5.22. The maximum Gasteiger partial charge on any atom is 0.129 e. The molecule has 5 heteroatoms. The van der Waals surface area contributed by atoms with Crippen molar-refractivity contribution in [3.05, 3.63) is 407 Å². The van der Waals surface area contributed by atoms with E-state index in [1.165, 1.54) is 156 Å². The third-order valence-electron chi connectivity index (χ3n) is 23.5. The molecule has 0 fully saturated rings. The molecule has 0 unspecified atom stereocenters. The summed E-state index contributed by atoms with van der Waals surface area (Å²) in [4.78, 5) is 2.38. The summed E-state index contributed by atoms with van der Waals surface area (Å²) in [5.74, 6) is 0. The smallest absolute Gasteiger partial charge is 0.129 e. The summed E-state index contributed by atoms with van der Waals surface area (Å²) >= 11 is 1.27. The number of anilines is 3. The summed E-state index contributed by atoms with van der Waals surface area (Å²) in [7, 11) is 0. The van der Waals surface area contributed by atoms with E-state index in [4.69, 9.17) is 8.75 Å². The Kier molecular flexibility index (Phi) is 12.9. The summed E-state index contributed by atoms with van der Waals surface area (Å²) in [6.45, 7) is 4.29. The monoisotopic (exact) mass is 1350 g/mol. The van der Waals surface area contributed by atoms with Crippen LogP contribution in [0.25, 0.3) is 139 Å². The number of benzene rings is 16. The van der Waals surface area contributed by atoms with E-state index >= 15 is 0 Å². The number of nitrogens with zero attached hydrogens (tertiary/aromatic N) is 4. The first kappa shape index (κ1) is 59.6. The van der Waals surface area contributed by atoms with Crippen LogP contribution in [0.1, 0.15) is 55.6 Å². The fraction of sp³-hybridized carbons (Fsp3) is 0.0400. The fourth-order valence-electron chi connectivity index (χ4n) is 18.8. The van der Waals surface area contributed by atoms with Gasteiger partial charge in [0.05, 0.1) is 39.3 Å². The largest absolute Gasteiger partial charge is 0.309 e. The summed E-state index contributed by atoms with van der Waals surface area (Å²) in [6, 6.07) is 132. The van der Waals surface area contributed by atoms with Crippen molar-refractivity contribution in [3.63, 3.8) is 0 Å². The minimum atomic E-state index is -0.439. The van der Waals surface area contributed by atoms with Crippen molar-refractivity contribution in [2.24, 2.45) is 0 Å². The zero-order chi connectivity index (χ0) is 69.2. The molecular formula is C100H64N4S. The van der Waals surface area contributed by atoms with Crippen LogP contribution in [-0.2, 0) is 10.8 Å². The highest BCUT2D eigenvalue weighted by Gasteiger charge is 2.53. The minimum absolute atomic E-state index is 0.439. The molecule has 0 N–H and O–H groups in total. The maximum absolute atomic E-state index is 5.22. The van der Waals surface area contributed by atoms with Crippen LogP contribution >= 0.6 is 11.7 Å². The highest BCUT2D eigenvalue weighted by Crippen LogP contribution is 2.65. The van der Waals surface area contributed by atoms with Gasteiger partial charge in [0.2, 0.25) is 0 Å². The van der Waals surface area contributed by atoms with Gasteiger partial charge in [-0.25, -0.2) is 0 Å². The lowest BCUT2D eigenvalue weighted by molar-refractivity contribution is 0.794. The van der Waals surface area contributed by atoms with Gasteiger partial charge >= 0.3 is 0 Å². The average Bonchev–Trinajstić information content (AvgIpc) is 1.52. The first-order valence-electron chi connectivity index (χ1n) is 36.3. The molecule has 16 aromatic carbocycles. The van der Waals surface area contributed by atoms with Crippen LogP contribution in [0, 0.1) is 13.8 Å². The summed E-state index contributed by atoms with van der Waals surface area (Å²) < 4.78 is 12.8. The quantitative estimate of drug-likeness (QED) is 0.144. The van der Waals surface area contributed by atoms with Gasteiger partial charge in [0.25, 0.3) is 0 Å². The van der Waals surface area contributed by atoms with Gasteiger partial charge in [-0.2, -0.15) is 8.75 Å². The van der Waals surface area contributed by atoms with Crippen LogP contribution in [0.5, 0.6) is 0 Å². The van der Waals surface area contributed by atoms with Crippen LogP contribution in [0.2, 0.25) is 0 Å². The van der Waals surface area contributed by atoms with Gasteiger partial charge in [0.1, 0.15) is 11.0 Å². The lowest BCUT2D eigenvalue weighted by Gasteiger charge is -2.30. The zero-order valence-corrected chi connectivity index (χ0v) is 58.5. The molecular weight excluding hydrogens is 1290 g/mol. The van der Waals surface area contributed by atoms with Gasteiger partial charge in [0, 0.05) is 33.4 Å². The molecule has 0 saturated carbocycles. The molecule has 0 atom stereocenters. The zero-order valence-electron chi connectivity index (χ0n) is 57.7. The number of hydrogen-bond donors (Lipinski definition) is 0. The Balaban J connectivity index is 0.660. The molecule has 18 aromatic rings. The molecule has 0 aliphatic heterocycles. The molecule has 4 aliphatic rings. The van der Waals surface area contributed by atoms with E-state index in [1.807, 2.05) is 0 Å². The van der Waals surface area contributed by atoms with Crippen LogP contribution in [0.4, 0.5) is 17.1 Å². The minimum Gasteiger partial charge on any atom is -0.309 e. The second kappa shape index (κ2) is 22.7. The molecule has 490 valence electrons. The van der Waals surface area contributed by atoms with Gasteiger partial charge in [0.15, 0.2) is 0 Å². The summed E-state index contributed by atoms with van der Waals surface area (Å²) in [6.07, 6.45) is 0. The van der Waals surface area contributed by atoms with E-state index in [-0.39, 0.29) is 0 Å². The first-order chi connectivity index (χ1) is 51.9. The molecule has 2 heterocycles. The lowest BCUT2D eigenvalue weighted by Crippen LogP contribution is -2.25. The standard InChI is InChI=1S/C100H64N4S/c1-61-27-31-63(32-28-61)68-43-54-94-84(57-68)85-58-69(64-33-29-62(2)30-34-64)44-55-95(85)104(94)74-49-39-67(40-50-74)75-53-56-96(98-97(75)101-105-102-98)103(72-45-35-65(36-46-72)70-41-51-82-80-19-7-13-25-90(80)99(92(82)59-70)86-21-9-3-15-76(86)77-16-4-10-22-87(77)99)73-47-37-66(38-48-73)71-42-52-83-81-20-8-14-26-91(81)100(93(83)60-71)88-23-11-5-17-78(88)79-18-6-12-24-89(79)100/h3-60H,1-2H3. The third-order valence-corrected chi connectivity index (χ3v) is 24.0. The second-order valence-electron chi connectivity index (χ2n) is 28.9. The number of hydrogen-bond acceptors (Lipinski definition) is 4. The second-order valence-corrected chi connectivity index (χ2v) is 29.4. The van der Waals surface area contributed by atoms with Crippen LogP contribution in [-0.4, -0.2) is 13.3 Å². The molecule has 0 bridgehead atoms. The molecule has 0 amide bonds.